The van der Waals surface area contributed by atoms with E-state index in [4.69, 9.17) is 4.74 Å². The molecule has 1 fully saturated rings. The molecule has 1 amide bonds. The van der Waals surface area contributed by atoms with Crippen LogP contribution in [0.4, 0.5) is 0 Å². The number of hydrogen-bond donors (Lipinski definition) is 2. The van der Waals surface area contributed by atoms with Gasteiger partial charge in [-0.2, -0.15) is 0 Å². The molecular formula is C19H31ClN2O2. The van der Waals surface area contributed by atoms with Gasteiger partial charge in [-0.15, -0.1) is 12.4 Å². The summed E-state index contributed by atoms with van der Waals surface area (Å²) in [7, 11) is 0. The minimum Gasteiger partial charge on any atom is -0.481 e. The molecule has 2 N–H and O–H groups in total. The average molecular weight is 355 g/mol. The number of benzene rings is 1. The van der Waals surface area contributed by atoms with Crippen LogP contribution in [0.5, 0.6) is 5.75 Å². The van der Waals surface area contributed by atoms with Crippen LogP contribution in [0.25, 0.3) is 0 Å². The average Bonchev–Trinajstić information content (AvgIpc) is 2.55. The molecule has 2 atom stereocenters. The number of hydrogen-bond acceptors (Lipinski definition) is 3. The van der Waals surface area contributed by atoms with Crippen molar-refractivity contribution in [3.05, 3.63) is 29.3 Å². The summed E-state index contributed by atoms with van der Waals surface area (Å²) in [5.41, 5.74) is 2.29. The topological polar surface area (TPSA) is 50.4 Å². The molecule has 2 unspecified atom stereocenters. The van der Waals surface area contributed by atoms with Crippen LogP contribution >= 0.6 is 12.4 Å². The first-order valence-electron chi connectivity index (χ1n) is 8.73. The summed E-state index contributed by atoms with van der Waals surface area (Å²) in [5.74, 6) is 1.75. The Bertz CT molecular complexity index is 528. The Morgan fingerprint density at radius 2 is 2.12 bits per heavy atom. The van der Waals surface area contributed by atoms with Crippen LogP contribution < -0.4 is 15.4 Å². The van der Waals surface area contributed by atoms with Gasteiger partial charge in [-0.05, 0) is 68.8 Å². The third-order valence-corrected chi connectivity index (χ3v) is 4.52. The van der Waals surface area contributed by atoms with E-state index in [9.17, 15) is 4.79 Å². The second-order valence-corrected chi connectivity index (χ2v) is 6.90. The minimum absolute atomic E-state index is 0. The van der Waals surface area contributed by atoms with Gasteiger partial charge in [0.25, 0.3) is 5.91 Å². The van der Waals surface area contributed by atoms with Gasteiger partial charge in [-0.1, -0.05) is 26.0 Å². The Balaban J connectivity index is 0.00000288. The lowest BCUT2D eigenvalue weighted by atomic mass is 10.00. The number of carbonyl (C=O) groups is 1. The maximum Gasteiger partial charge on any atom is 0.260 e. The molecule has 0 aromatic heterocycles. The number of ether oxygens (including phenoxy) is 1. The van der Waals surface area contributed by atoms with Gasteiger partial charge < -0.3 is 15.4 Å². The van der Waals surface area contributed by atoms with Crippen LogP contribution in [0.1, 0.15) is 50.7 Å². The molecule has 0 bridgehead atoms. The highest BCUT2D eigenvalue weighted by atomic mass is 35.5. The highest BCUT2D eigenvalue weighted by Crippen LogP contribution is 2.25. The van der Waals surface area contributed by atoms with Crippen molar-refractivity contribution in [3.63, 3.8) is 0 Å². The van der Waals surface area contributed by atoms with E-state index in [1.165, 1.54) is 18.4 Å². The van der Waals surface area contributed by atoms with Gasteiger partial charge in [0.05, 0.1) is 0 Å². The van der Waals surface area contributed by atoms with Gasteiger partial charge >= 0.3 is 0 Å². The zero-order valence-corrected chi connectivity index (χ0v) is 16.0. The zero-order chi connectivity index (χ0) is 16.8. The number of aryl methyl sites for hydroxylation is 1. The van der Waals surface area contributed by atoms with Gasteiger partial charge in [0.15, 0.2) is 6.10 Å². The van der Waals surface area contributed by atoms with Crippen LogP contribution in [-0.2, 0) is 4.79 Å². The van der Waals surface area contributed by atoms with E-state index < -0.39 is 6.10 Å². The summed E-state index contributed by atoms with van der Waals surface area (Å²) in [6.07, 6.45) is 1.89. The van der Waals surface area contributed by atoms with Crippen molar-refractivity contribution in [2.75, 3.05) is 19.6 Å². The highest BCUT2D eigenvalue weighted by Gasteiger charge is 2.19. The summed E-state index contributed by atoms with van der Waals surface area (Å²) >= 11 is 0. The molecule has 1 aromatic rings. The van der Waals surface area contributed by atoms with Crippen molar-refractivity contribution in [1.82, 2.24) is 10.6 Å². The molecule has 0 saturated carbocycles. The van der Waals surface area contributed by atoms with Gasteiger partial charge in [0.1, 0.15) is 5.75 Å². The summed E-state index contributed by atoms with van der Waals surface area (Å²) in [5, 5.41) is 6.39. The van der Waals surface area contributed by atoms with E-state index in [0.29, 0.717) is 11.8 Å². The van der Waals surface area contributed by atoms with Crippen LogP contribution in [0.15, 0.2) is 18.2 Å². The standard InChI is InChI=1S/C19H30N2O2.ClH/c1-13(2)17-8-7-14(3)18(10-17)23-15(4)19(22)21-12-16-6-5-9-20-11-16;/h7-8,10,13,15-16,20H,5-6,9,11-12H2,1-4H3,(H,21,22);1H. The van der Waals surface area contributed by atoms with E-state index in [0.717, 1.165) is 30.9 Å². The number of carbonyl (C=O) groups excluding carboxylic acids is 1. The third-order valence-electron chi connectivity index (χ3n) is 4.52. The van der Waals surface area contributed by atoms with Crippen molar-refractivity contribution in [2.45, 2.75) is 52.6 Å². The molecule has 5 heteroatoms. The lowest BCUT2D eigenvalue weighted by molar-refractivity contribution is -0.127. The Kier molecular flexibility index (Phi) is 8.57. The third kappa shape index (κ3) is 5.99. The first-order valence-corrected chi connectivity index (χ1v) is 8.73. The Morgan fingerprint density at radius 1 is 1.38 bits per heavy atom. The van der Waals surface area contributed by atoms with Gasteiger partial charge in [-0.25, -0.2) is 0 Å². The van der Waals surface area contributed by atoms with Crippen molar-refractivity contribution in [3.8, 4) is 5.75 Å². The van der Waals surface area contributed by atoms with Gasteiger partial charge in [-0.3, -0.25) is 4.79 Å². The van der Waals surface area contributed by atoms with E-state index in [2.05, 4.69) is 42.7 Å². The molecule has 2 rings (SSSR count). The lowest BCUT2D eigenvalue weighted by Crippen LogP contribution is -2.42. The number of halogens is 1. The van der Waals surface area contributed by atoms with Crippen LogP contribution in [0.2, 0.25) is 0 Å². The predicted octanol–water partition coefficient (Wildman–Crippen LogP) is 3.42. The van der Waals surface area contributed by atoms with Crippen LogP contribution in [0.3, 0.4) is 0 Å². The summed E-state index contributed by atoms with van der Waals surface area (Å²) in [6.45, 7) is 10.9. The Hall–Kier alpha value is -1.26. The molecule has 1 aromatic carbocycles. The van der Waals surface area contributed by atoms with Crippen molar-refractivity contribution >= 4 is 18.3 Å². The second-order valence-electron chi connectivity index (χ2n) is 6.90. The minimum atomic E-state index is -0.479. The Labute approximate surface area is 152 Å². The van der Waals surface area contributed by atoms with E-state index in [1.807, 2.05) is 13.8 Å². The normalized spacial score (nSPS) is 18.6. The molecule has 1 aliphatic rings. The number of nitrogens with one attached hydrogen (secondary N) is 2. The molecule has 4 nitrogen and oxygen atoms in total. The molecule has 0 radical (unpaired) electrons. The van der Waals surface area contributed by atoms with Crippen molar-refractivity contribution in [2.24, 2.45) is 5.92 Å². The van der Waals surface area contributed by atoms with Crippen molar-refractivity contribution in [1.29, 1.82) is 0 Å². The maximum atomic E-state index is 12.3. The SMILES string of the molecule is Cc1ccc(C(C)C)cc1OC(C)C(=O)NCC1CCCNC1.Cl. The van der Waals surface area contributed by atoms with Gasteiger partial charge in [0, 0.05) is 6.54 Å². The molecule has 24 heavy (non-hydrogen) atoms. The number of piperidine rings is 1. The van der Waals surface area contributed by atoms with Crippen LogP contribution in [0, 0.1) is 12.8 Å². The number of amides is 1. The summed E-state index contributed by atoms with van der Waals surface area (Å²) in [4.78, 5) is 12.3. The summed E-state index contributed by atoms with van der Waals surface area (Å²) < 4.78 is 5.91. The second kappa shape index (κ2) is 9.90. The quantitative estimate of drug-likeness (QED) is 0.823. The highest BCUT2D eigenvalue weighted by molar-refractivity contribution is 5.85. The van der Waals surface area contributed by atoms with E-state index in [-0.39, 0.29) is 18.3 Å². The zero-order valence-electron chi connectivity index (χ0n) is 15.2. The van der Waals surface area contributed by atoms with E-state index in [1.54, 1.807) is 0 Å². The molecular weight excluding hydrogens is 324 g/mol. The fourth-order valence-corrected chi connectivity index (χ4v) is 2.83. The predicted molar refractivity (Wildman–Crippen MR) is 101 cm³/mol. The fourth-order valence-electron chi connectivity index (χ4n) is 2.83. The van der Waals surface area contributed by atoms with Crippen molar-refractivity contribution < 1.29 is 9.53 Å². The summed E-state index contributed by atoms with van der Waals surface area (Å²) in [6, 6.07) is 6.23. The fraction of sp³-hybridized carbons (Fsp3) is 0.632. The first kappa shape index (κ1) is 20.8. The van der Waals surface area contributed by atoms with Gasteiger partial charge in [0.2, 0.25) is 0 Å². The Morgan fingerprint density at radius 3 is 2.75 bits per heavy atom. The maximum absolute atomic E-state index is 12.3. The number of rotatable bonds is 6. The molecule has 0 spiro atoms. The smallest absolute Gasteiger partial charge is 0.260 e. The van der Waals surface area contributed by atoms with E-state index >= 15 is 0 Å². The van der Waals surface area contributed by atoms with Crippen LogP contribution in [-0.4, -0.2) is 31.6 Å². The molecule has 0 aliphatic carbocycles. The molecule has 1 aliphatic heterocycles. The molecule has 136 valence electrons. The lowest BCUT2D eigenvalue weighted by Gasteiger charge is -2.24. The first-order chi connectivity index (χ1) is 11.0. The molecule has 1 heterocycles. The largest absolute Gasteiger partial charge is 0.481 e. The monoisotopic (exact) mass is 354 g/mol. The molecule has 1 saturated heterocycles.